The monoisotopic (exact) mass is 473 g/mol. The number of rotatable bonds is 9. The van der Waals surface area contributed by atoms with Gasteiger partial charge in [-0.15, -0.1) is 0 Å². The molecule has 0 saturated heterocycles. The van der Waals surface area contributed by atoms with Crippen LogP contribution < -0.4 is 14.3 Å². The molecule has 12 heteroatoms. The van der Waals surface area contributed by atoms with Crippen LogP contribution in [-0.4, -0.2) is 48.1 Å². The maximum atomic E-state index is 13.2. The summed E-state index contributed by atoms with van der Waals surface area (Å²) in [5, 5.41) is 2.44. The van der Waals surface area contributed by atoms with Crippen molar-refractivity contribution in [3.63, 3.8) is 0 Å². The summed E-state index contributed by atoms with van der Waals surface area (Å²) in [6, 6.07) is 9.34. The van der Waals surface area contributed by atoms with Gasteiger partial charge in [-0.3, -0.25) is 9.10 Å². The average Bonchev–Trinajstić information content (AvgIpc) is 3.15. The molecule has 0 atom stereocenters. The number of para-hydroxylation sites is 1. The zero-order valence-electron chi connectivity index (χ0n) is 16.3. The van der Waals surface area contributed by atoms with Gasteiger partial charge in [0.1, 0.15) is 0 Å². The Balaban J connectivity index is 1.45. The smallest absolute Gasteiger partial charge is 0.240 e. The first-order valence-corrected chi connectivity index (χ1v) is 12.5. The number of benzene rings is 2. The Hall–Kier alpha value is -2.57. The van der Waals surface area contributed by atoms with Crippen LogP contribution in [0, 0.1) is 11.6 Å². The van der Waals surface area contributed by atoms with Gasteiger partial charge in [0.25, 0.3) is 0 Å². The number of sulfonamides is 2. The highest BCUT2D eigenvalue weighted by Crippen LogP contribution is 2.29. The lowest BCUT2D eigenvalue weighted by molar-refractivity contribution is -0.120. The van der Waals surface area contributed by atoms with E-state index in [1.807, 2.05) is 12.1 Å². The zero-order chi connectivity index (χ0) is 22.6. The Morgan fingerprint density at radius 1 is 1.00 bits per heavy atom. The van der Waals surface area contributed by atoms with E-state index < -0.39 is 42.5 Å². The van der Waals surface area contributed by atoms with Crippen molar-refractivity contribution in [2.24, 2.45) is 0 Å². The third kappa shape index (κ3) is 5.57. The van der Waals surface area contributed by atoms with Crippen LogP contribution >= 0.6 is 0 Å². The number of halogens is 2. The predicted molar refractivity (Wildman–Crippen MR) is 110 cm³/mol. The lowest BCUT2D eigenvalue weighted by Gasteiger charge is -2.19. The molecular formula is C19H21F2N3O5S2. The second kappa shape index (κ2) is 9.28. The molecule has 168 valence electrons. The topological polar surface area (TPSA) is 113 Å². The van der Waals surface area contributed by atoms with Gasteiger partial charge in [-0.1, -0.05) is 18.2 Å². The molecule has 0 aliphatic carbocycles. The molecule has 1 aliphatic rings. The van der Waals surface area contributed by atoms with Gasteiger partial charge in [0.15, 0.2) is 11.6 Å². The SMILES string of the molecule is O=C(CCNS(=O)(=O)c1ccc(F)c(F)c1)NCCS(=O)(=O)N1CCc2ccccc21. The van der Waals surface area contributed by atoms with E-state index in [1.165, 1.54) is 4.31 Å². The molecule has 0 fully saturated rings. The summed E-state index contributed by atoms with van der Waals surface area (Å²) in [5.74, 6) is -3.33. The summed E-state index contributed by atoms with van der Waals surface area (Å²) in [5.41, 5.74) is 1.59. The first-order valence-electron chi connectivity index (χ1n) is 9.40. The highest BCUT2D eigenvalue weighted by atomic mass is 32.2. The van der Waals surface area contributed by atoms with Crippen molar-refractivity contribution in [2.75, 3.05) is 29.7 Å². The van der Waals surface area contributed by atoms with Crippen LogP contribution in [-0.2, 0) is 31.3 Å². The molecule has 1 heterocycles. The number of fused-ring (bicyclic) bond motifs is 1. The van der Waals surface area contributed by atoms with Gasteiger partial charge in [0.05, 0.1) is 16.3 Å². The van der Waals surface area contributed by atoms with Gasteiger partial charge >= 0.3 is 0 Å². The van der Waals surface area contributed by atoms with Crippen molar-refractivity contribution < 1.29 is 30.4 Å². The molecule has 8 nitrogen and oxygen atoms in total. The summed E-state index contributed by atoms with van der Waals surface area (Å²) in [6.45, 7) is -0.0729. The molecule has 0 spiro atoms. The van der Waals surface area contributed by atoms with E-state index in [2.05, 4.69) is 10.0 Å². The molecule has 1 aliphatic heterocycles. The second-order valence-corrected chi connectivity index (χ2v) is 10.6. The minimum Gasteiger partial charge on any atom is -0.355 e. The maximum Gasteiger partial charge on any atom is 0.240 e. The van der Waals surface area contributed by atoms with Crippen LogP contribution in [0.2, 0.25) is 0 Å². The van der Waals surface area contributed by atoms with E-state index in [0.717, 1.165) is 11.6 Å². The fraction of sp³-hybridized carbons (Fsp3) is 0.316. The lowest BCUT2D eigenvalue weighted by Crippen LogP contribution is -2.37. The quantitative estimate of drug-likeness (QED) is 0.567. The van der Waals surface area contributed by atoms with E-state index in [4.69, 9.17) is 0 Å². The fourth-order valence-electron chi connectivity index (χ4n) is 3.14. The molecule has 2 aromatic rings. The standard InChI is InChI=1S/C19H21F2N3O5S2/c20-16-6-5-15(13-17(16)21)31(28,29)23-9-7-19(25)22-10-12-30(26,27)24-11-8-14-3-1-2-4-18(14)24/h1-6,13,23H,7-12H2,(H,22,25). The highest BCUT2D eigenvalue weighted by Gasteiger charge is 2.28. The Morgan fingerprint density at radius 2 is 1.74 bits per heavy atom. The number of anilines is 1. The predicted octanol–water partition coefficient (Wildman–Crippen LogP) is 1.14. The van der Waals surface area contributed by atoms with Crippen molar-refractivity contribution in [3.05, 3.63) is 59.7 Å². The molecule has 0 bridgehead atoms. The number of hydrogen-bond donors (Lipinski definition) is 2. The fourth-order valence-corrected chi connectivity index (χ4v) is 5.61. The van der Waals surface area contributed by atoms with Gasteiger partial charge < -0.3 is 5.32 Å². The molecule has 0 aromatic heterocycles. The van der Waals surface area contributed by atoms with Crippen LogP contribution in [0.3, 0.4) is 0 Å². The Kier molecular flexibility index (Phi) is 6.92. The Morgan fingerprint density at radius 3 is 2.48 bits per heavy atom. The Labute approximate surface area is 179 Å². The van der Waals surface area contributed by atoms with Gasteiger partial charge in [-0.25, -0.2) is 30.3 Å². The van der Waals surface area contributed by atoms with Crippen molar-refractivity contribution in [2.45, 2.75) is 17.7 Å². The van der Waals surface area contributed by atoms with E-state index in [-0.39, 0.29) is 25.3 Å². The Bertz CT molecular complexity index is 1190. The van der Waals surface area contributed by atoms with Crippen molar-refractivity contribution in [1.29, 1.82) is 0 Å². The molecule has 1 amide bonds. The van der Waals surface area contributed by atoms with E-state index in [1.54, 1.807) is 12.1 Å². The first-order chi connectivity index (χ1) is 14.6. The van der Waals surface area contributed by atoms with Crippen LogP contribution in [0.15, 0.2) is 47.4 Å². The molecular weight excluding hydrogens is 452 g/mol. The van der Waals surface area contributed by atoms with E-state index >= 15 is 0 Å². The van der Waals surface area contributed by atoms with Crippen LogP contribution in [0.5, 0.6) is 0 Å². The zero-order valence-corrected chi connectivity index (χ0v) is 18.0. The maximum absolute atomic E-state index is 13.2. The normalized spacial score (nSPS) is 13.8. The minimum absolute atomic E-state index is 0.129. The van der Waals surface area contributed by atoms with Crippen LogP contribution in [0.1, 0.15) is 12.0 Å². The van der Waals surface area contributed by atoms with Crippen molar-refractivity contribution in [3.8, 4) is 0 Å². The van der Waals surface area contributed by atoms with Gasteiger partial charge in [0.2, 0.25) is 26.0 Å². The molecule has 3 rings (SSSR count). The van der Waals surface area contributed by atoms with Gasteiger partial charge in [-0.2, -0.15) is 0 Å². The molecule has 31 heavy (non-hydrogen) atoms. The second-order valence-electron chi connectivity index (χ2n) is 6.84. The van der Waals surface area contributed by atoms with E-state index in [9.17, 15) is 30.4 Å². The van der Waals surface area contributed by atoms with Crippen LogP contribution in [0.25, 0.3) is 0 Å². The summed E-state index contributed by atoms with van der Waals surface area (Å²) < 4.78 is 78.8. The highest BCUT2D eigenvalue weighted by molar-refractivity contribution is 7.92. The molecule has 2 aromatic carbocycles. The number of carbonyl (C=O) groups is 1. The number of nitrogens with one attached hydrogen (secondary N) is 2. The molecule has 0 radical (unpaired) electrons. The lowest BCUT2D eigenvalue weighted by atomic mass is 10.2. The number of hydrogen-bond acceptors (Lipinski definition) is 5. The summed E-state index contributed by atoms with van der Waals surface area (Å²) in [4.78, 5) is 11.4. The van der Waals surface area contributed by atoms with Gasteiger partial charge in [-0.05, 0) is 36.2 Å². The summed E-state index contributed by atoms with van der Waals surface area (Å²) in [6.07, 6.45) is 0.370. The van der Waals surface area contributed by atoms with Crippen molar-refractivity contribution >= 4 is 31.6 Å². The number of carbonyl (C=O) groups excluding carboxylic acids is 1. The van der Waals surface area contributed by atoms with E-state index in [0.29, 0.717) is 30.8 Å². The third-order valence-corrected chi connectivity index (χ3v) is 7.94. The first kappa shape index (κ1) is 23.1. The number of nitrogens with zero attached hydrogens (tertiary/aromatic N) is 1. The summed E-state index contributed by atoms with van der Waals surface area (Å²) in [7, 11) is -7.73. The van der Waals surface area contributed by atoms with Crippen LogP contribution in [0.4, 0.5) is 14.5 Å². The third-order valence-electron chi connectivity index (χ3n) is 4.71. The average molecular weight is 474 g/mol. The summed E-state index contributed by atoms with van der Waals surface area (Å²) >= 11 is 0. The molecule has 0 saturated carbocycles. The largest absolute Gasteiger partial charge is 0.355 e. The minimum atomic E-state index is -4.12. The van der Waals surface area contributed by atoms with Crippen molar-refractivity contribution in [1.82, 2.24) is 10.0 Å². The molecule has 2 N–H and O–H groups in total. The van der Waals surface area contributed by atoms with Gasteiger partial charge in [0, 0.05) is 26.1 Å². The number of amides is 1. The molecule has 0 unspecified atom stereocenters.